The molecule has 0 radical (unpaired) electrons. The number of halogens is 2. The Hall–Kier alpha value is -1.39. The van der Waals surface area contributed by atoms with E-state index >= 15 is 0 Å². The first-order valence-corrected chi connectivity index (χ1v) is 6.78. The van der Waals surface area contributed by atoms with E-state index in [1.54, 1.807) is 25.1 Å². The van der Waals surface area contributed by atoms with Crippen molar-refractivity contribution in [2.75, 3.05) is 6.54 Å². The summed E-state index contributed by atoms with van der Waals surface area (Å²) in [4.78, 5) is 0. The fourth-order valence-electron chi connectivity index (χ4n) is 1.82. The van der Waals surface area contributed by atoms with Crippen molar-refractivity contribution in [3.05, 3.63) is 63.9 Å². The summed E-state index contributed by atoms with van der Waals surface area (Å²) in [6, 6.07) is 12.7. The summed E-state index contributed by atoms with van der Waals surface area (Å²) in [6.07, 6.45) is -0.367. The quantitative estimate of drug-likeness (QED) is 0.923. The van der Waals surface area contributed by atoms with Crippen LogP contribution in [0.5, 0.6) is 5.75 Å². The van der Waals surface area contributed by atoms with Crippen molar-refractivity contribution in [3.63, 3.8) is 0 Å². The zero-order valence-electron chi connectivity index (χ0n) is 10.6. The van der Waals surface area contributed by atoms with Crippen LogP contribution in [0.2, 0.25) is 0 Å². The first kappa shape index (κ1) is 14.0. The molecule has 0 aliphatic carbocycles. The molecule has 0 heterocycles. The predicted octanol–water partition coefficient (Wildman–Crippen LogP) is 3.98. The van der Waals surface area contributed by atoms with Gasteiger partial charge in [0.1, 0.15) is 6.10 Å². The number of rotatable bonds is 4. The van der Waals surface area contributed by atoms with Crippen LogP contribution in [0.4, 0.5) is 4.39 Å². The Morgan fingerprint density at radius 2 is 2.00 bits per heavy atom. The number of benzene rings is 2. The Morgan fingerprint density at radius 1 is 1.26 bits per heavy atom. The van der Waals surface area contributed by atoms with Gasteiger partial charge in [0.15, 0.2) is 11.6 Å². The molecule has 0 saturated heterocycles. The summed E-state index contributed by atoms with van der Waals surface area (Å²) in [5.41, 5.74) is 7.20. The maximum absolute atomic E-state index is 13.9. The number of nitrogens with two attached hydrogens (primary N) is 1. The molecule has 0 saturated carbocycles. The smallest absolute Gasteiger partial charge is 0.167 e. The molecule has 2 rings (SSSR count). The molecular formula is C15H15BrFNO. The average molecular weight is 324 g/mol. The minimum absolute atomic E-state index is 0.232. The van der Waals surface area contributed by atoms with Gasteiger partial charge in [-0.15, -0.1) is 0 Å². The highest BCUT2D eigenvalue weighted by molar-refractivity contribution is 9.10. The predicted molar refractivity (Wildman–Crippen MR) is 77.7 cm³/mol. The molecule has 2 aromatic rings. The summed E-state index contributed by atoms with van der Waals surface area (Å²) in [6.45, 7) is 1.99. The fraction of sp³-hybridized carbons (Fsp3) is 0.200. The molecule has 0 aliphatic heterocycles. The van der Waals surface area contributed by atoms with Gasteiger partial charge in [0.05, 0.1) is 0 Å². The van der Waals surface area contributed by atoms with Gasteiger partial charge in [0, 0.05) is 11.0 Å². The van der Waals surface area contributed by atoms with Crippen LogP contribution in [-0.4, -0.2) is 6.54 Å². The number of ether oxygens (including phenoxy) is 1. The number of hydrogen-bond donors (Lipinski definition) is 1. The SMILES string of the molecule is Cc1cccc(OC(CN)c2cccc(Br)c2)c1F. The van der Waals surface area contributed by atoms with E-state index in [1.807, 2.05) is 24.3 Å². The van der Waals surface area contributed by atoms with E-state index < -0.39 is 0 Å². The van der Waals surface area contributed by atoms with Gasteiger partial charge in [-0.25, -0.2) is 4.39 Å². The molecule has 2 N–H and O–H groups in total. The topological polar surface area (TPSA) is 35.2 Å². The summed E-state index contributed by atoms with van der Waals surface area (Å²) in [5, 5.41) is 0. The highest BCUT2D eigenvalue weighted by atomic mass is 79.9. The summed E-state index contributed by atoms with van der Waals surface area (Å²) in [7, 11) is 0. The maximum atomic E-state index is 13.9. The van der Waals surface area contributed by atoms with E-state index in [1.165, 1.54) is 0 Å². The van der Waals surface area contributed by atoms with Crippen molar-refractivity contribution in [3.8, 4) is 5.75 Å². The molecule has 0 fully saturated rings. The molecule has 0 spiro atoms. The van der Waals surface area contributed by atoms with E-state index in [-0.39, 0.29) is 24.2 Å². The van der Waals surface area contributed by atoms with Crippen molar-refractivity contribution >= 4 is 15.9 Å². The Kier molecular flexibility index (Phi) is 4.56. The third-order valence-corrected chi connectivity index (χ3v) is 3.35. The lowest BCUT2D eigenvalue weighted by Crippen LogP contribution is -2.19. The van der Waals surface area contributed by atoms with Gasteiger partial charge in [-0.3, -0.25) is 0 Å². The van der Waals surface area contributed by atoms with Crippen LogP contribution in [-0.2, 0) is 0 Å². The van der Waals surface area contributed by atoms with Gasteiger partial charge in [0.25, 0.3) is 0 Å². The number of hydrogen-bond acceptors (Lipinski definition) is 2. The molecular weight excluding hydrogens is 309 g/mol. The van der Waals surface area contributed by atoms with E-state index in [2.05, 4.69) is 15.9 Å². The standard InChI is InChI=1S/C15H15BrFNO/c1-10-4-2-7-13(15(10)17)19-14(9-18)11-5-3-6-12(16)8-11/h2-8,14H,9,18H2,1H3. The largest absolute Gasteiger partial charge is 0.481 e. The lowest BCUT2D eigenvalue weighted by Gasteiger charge is -2.19. The lowest BCUT2D eigenvalue weighted by atomic mass is 10.1. The Bertz CT molecular complexity index is 574. The fourth-order valence-corrected chi connectivity index (χ4v) is 2.24. The molecule has 2 nitrogen and oxygen atoms in total. The van der Waals surface area contributed by atoms with Crippen LogP contribution < -0.4 is 10.5 Å². The van der Waals surface area contributed by atoms with Crippen molar-refractivity contribution in [1.29, 1.82) is 0 Å². The second kappa shape index (κ2) is 6.17. The molecule has 4 heteroatoms. The molecule has 0 aliphatic rings. The lowest BCUT2D eigenvalue weighted by molar-refractivity contribution is 0.204. The van der Waals surface area contributed by atoms with Crippen molar-refractivity contribution in [1.82, 2.24) is 0 Å². The highest BCUT2D eigenvalue weighted by Crippen LogP contribution is 2.27. The van der Waals surface area contributed by atoms with E-state index in [4.69, 9.17) is 10.5 Å². The van der Waals surface area contributed by atoms with Crippen LogP contribution in [0.3, 0.4) is 0 Å². The van der Waals surface area contributed by atoms with Crippen LogP contribution >= 0.6 is 15.9 Å². The van der Waals surface area contributed by atoms with Crippen molar-refractivity contribution in [2.24, 2.45) is 5.73 Å². The molecule has 1 atom stereocenters. The second-order valence-electron chi connectivity index (χ2n) is 4.28. The summed E-state index contributed by atoms with van der Waals surface area (Å²) < 4.78 is 20.6. The average Bonchev–Trinajstić information content (AvgIpc) is 2.40. The zero-order chi connectivity index (χ0) is 13.8. The van der Waals surface area contributed by atoms with Gasteiger partial charge in [-0.05, 0) is 36.2 Å². The van der Waals surface area contributed by atoms with Crippen molar-refractivity contribution < 1.29 is 9.13 Å². The molecule has 2 aromatic carbocycles. The van der Waals surface area contributed by atoms with Crippen LogP contribution in [0.1, 0.15) is 17.2 Å². The third-order valence-electron chi connectivity index (χ3n) is 2.86. The van der Waals surface area contributed by atoms with Gasteiger partial charge < -0.3 is 10.5 Å². The van der Waals surface area contributed by atoms with Gasteiger partial charge in [0.2, 0.25) is 0 Å². The van der Waals surface area contributed by atoms with E-state index in [0.29, 0.717) is 5.56 Å². The maximum Gasteiger partial charge on any atom is 0.167 e. The molecule has 0 bridgehead atoms. The van der Waals surface area contributed by atoms with E-state index in [9.17, 15) is 4.39 Å². The third kappa shape index (κ3) is 3.33. The molecule has 1 unspecified atom stereocenters. The van der Waals surface area contributed by atoms with Crippen molar-refractivity contribution in [2.45, 2.75) is 13.0 Å². The minimum atomic E-state index is -0.367. The second-order valence-corrected chi connectivity index (χ2v) is 5.20. The zero-order valence-corrected chi connectivity index (χ0v) is 12.2. The first-order valence-electron chi connectivity index (χ1n) is 5.99. The first-order chi connectivity index (χ1) is 9.11. The molecule has 100 valence electrons. The number of aryl methyl sites for hydroxylation is 1. The van der Waals surface area contributed by atoms with Gasteiger partial charge >= 0.3 is 0 Å². The van der Waals surface area contributed by atoms with Crippen LogP contribution in [0.25, 0.3) is 0 Å². The summed E-state index contributed by atoms with van der Waals surface area (Å²) in [5.74, 6) is -0.105. The van der Waals surface area contributed by atoms with E-state index in [0.717, 1.165) is 10.0 Å². The molecule has 0 amide bonds. The highest BCUT2D eigenvalue weighted by Gasteiger charge is 2.15. The van der Waals surface area contributed by atoms with Crippen LogP contribution in [0, 0.1) is 12.7 Å². The monoisotopic (exact) mass is 323 g/mol. The molecule has 19 heavy (non-hydrogen) atoms. The summed E-state index contributed by atoms with van der Waals surface area (Å²) >= 11 is 3.40. The van der Waals surface area contributed by atoms with Gasteiger partial charge in [-0.2, -0.15) is 0 Å². The normalized spacial score (nSPS) is 12.2. The minimum Gasteiger partial charge on any atom is -0.481 e. The van der Waals surface area contributed by atoms with Gasteiger partial charge in [-0.1, -0.05) is 40.2 Å². The molecule has 0 aromatic heterocycles. The Morgan fingerprint density at radius 3 is 2.68 bits per heavy atom. The Labute approximate surface area is 120 Å². The Balaban J connectivity index is 2.26. The van der Waals surface area contributed by atoms with Crippen LogP contribution in [0.15, 0.2) is 46.9 Å².